The van der Waals surface area contributed by atoms with Gasteiger partial charge in [0.2, 0.25) is 0 Å². The van der Waals surface area contributed by atoms with Gasteiger partial charge in [-0.25, -0.2) is 27.0 Å². The maximum Gasteiger partial charge on any atom is 0.337 e. The number of hydrogen-bond acceptors (Lipinski definition) is 18. The number of ether oxygens (including phenoxy) is 3. The maximum atomic E-state index is 12.3. The Labute approximate surface area is 650 Å². The van der Waals surface area contributed by atoms with Crippen molar-refractivity contribution in [3.8, 4) is 11.5 Å². The van der Waals surface area contributed by atoms with E-state index in [4.69, 9.17) is 84.3 Å². The molecule has 0 radical (unpaired) electrons. The minimum atomic E-state index is -3.60. The van der Waals surface area contributed by atoms with E-state index in [1.54, 1.807) is 129 Å². The largest absolute Gasteiger partial charge is 0.497 e. The molecule has 12 aromatic rings. The van der Waals surface area contributed by atoms with Crippen molar-refractivity contribution in [2.45, 2.75) is 46.4 Å². The number of sulfonamides is 1. The number of pyridine rings is 1. The second-order valence-electron chi connectivity index (χ2n) is 22.9. The fourth-order valence-electron chi connectivity index (χ4n) is 8.24. The van der Waals surface area contributed by atoms with Gasteiger partial charge >= 0.3 is 5.97 Å². The number of ketones is 1. The molecule has 25 heteroatoms. The number of aryl methyl sites for hydroxylation is 5. The van der Waals surface area contributed by atoms with Crippen molar-refractivity contribution in [3.63, 3.8) is 0 Å². The first-order chi connectivity index (χ1) is 51.3. The number of carbonyl (C=O) groups excluding carboxylic acids is 2. The topological polar surface area (TPSA) is 367 Å². The molecule has 0 aliphatic carbocycles. The predicted molar refractivity (Wildman–Crippen MR) is 449 cm³/mol. The van der Waals surface area contributed by atoms with Crippen molar-refractivity contribution in [2.75, 3.05) is 89.5 Å². The third-order valence-corrected chi connectivity index (χ3v) is 16.6. The Hall–Kier alpha value is -12.0. The lowest BCUT2D eigenvalue weighted by Crippen LogP contribution is -2.13. The van der Waals surface area contributed by atoms with Crippen molar-refractivity contribution >= 4 is 124 Å². The zero-order valence-electron chi connectivity index (χ0n) is 61.4. The number of nitrogen functional groups attached to an aromatic ring is 9. The molecule has 0 aliphatic rings. The van der Waals surface area contributed by atoms with Gasteiger partial charge in [-0.1, -0.05) is 105 Å². The molecule has 12 rings (SSSR count). The summed E-state index contributed by atoms with van der Waals surface area (Å²) in [6.07, 6.45) is 1.51. The molecule has 20 N–H and O–H groups in total. The van der Waals surface area contributed by atoms with Crippen molar-refractivity contribution in [3.05, 3.63) is 338 Å². The molecule has 108 heavy (non-hydrogen) atoms. The number of carbonyl (C=O) groups is 2. The number of rotatable bonds is 10. The van der Waals surface area contributed by atoms with Crippen LogP contribution in [0.5, 0.6) is 11.5 Å². The molecule has 1 aromatic heterocycles. The molecule has 11 aromatic carbocycles. The normalized spacial score (nSPS) is 9.72. The fraction of sp³-hybridized carbons (Fsp3) is 0.120. The number of benzene rings is 11. The number of aromatic nitrogens is 1. The van der Waals surface area contributed by atoms with E-state index < -0.39 is 10.0 Å². The first-order valence-electron chi connectivity index (χ1n) is 32.8. The molecule has 0 amide bonds. The Morgan fingerprint density at radius 1 is 0.463 bits per heavy atom. The summed E-state index contributed by atoms with van der Waals surface area (Å²) in [5.74, 6) is 0.796. The zero-order chi connectivity index (χ0) is 80.3. The summed E-state index contributed by atoms with van der Waals surface area (Å²) in [6, 6.07) is 73.8. The number of esters is 1. The Balaban J connectivity index is 0.000000315. The number of nitrogens with zero attached hydrogens (tertiary/aromatic N) is 1. The summed E-state index contributed by atoms with van der Waals surface area (Å²) in [7, 11) is 0.928. The quantitative estimate of drug-likeness (QED) is 0.0344. The summed E-state index contributed by atoms with van der Waals surface area (Å²) >= 11 is 14.8. The van der Waals surface area contributed by atoms with Crippen molar-refractivity contribution < 1.29 is 41.0 Å². The molecule has 0 bridgehead atoms. The van der Waals surface area contributed by atoms with Crippen molar-refractivity contribution in [1.29, 1.82) is 0 Å². The van der Waals surface area contributed by atoms with Crippen LogP contribution in [0, 0.1) is 46.3 Å². The lowest BCUT2D eigenvalue weighted by atomic mass is 10.0. The number of nitrogens with two attached hydrogens (primary N) is 9. The van der Waals surface area contributed by atoms with Gasteiger partial charge in [0.25, 0.3) is 10.0 Å². The minimum Gasteiger partial charge on any atom is -0.497 e. The number of anilines is 11. The van der Waals surface area contributed by atoms with Crippen molar-refractivity contribution in [2.24, 2.45) is 0 Å². The van der Waals surface area contributed by atoms with E-state index >= 15 is 0 Å². The second kappa shape index (κ2) is 48.2. The van der Waals surface area contributed by atoms with Crippen LogP contribution in [0.1, 0.15) is 61.0 Å². The Bertz CT molecular complexity index is 4580. The second-order valence-corrected chi connectivity index (χ2v) is 26.4. The highest BCUT2D eigenvalue weighted by Gasteiger charge is 2.15. The maximum absolute atomic E-state index is 12.3. The highest BCUT2D eigenvalue weighted by Crippen LogP contribution is 2.26. The average molecular weight is 1590 g/mol. The van der Waals surface area contributed by atoms with Gasteiger partial charge in [-0.15, -0.1) is 0 Å². The number of methoxy groups -OCH3 is 3. The monoisotopic (exact) mass is 1590 g/mol. The van der Waals surface area contributed by atoms with Crippen LogP contribution in [0.25, 0.3) is 0 Å². The van der Waals surface area contributed by atoms with Gasteiger partial charge in [-0.3, -0.25) is 9.52 Å². The number of hydrogen-bond donors (Lipinski definition) is 11. The first kappa shape index (κ1) is 90.2. The molecule has 19 nitrogen and oxygen atoms in total. The van der Waals surface area contributed by atoms with E-state index in [0.29, 0.717) is 55.9 Å². The first-order valence-corrected chi connectivity index (χ1v) is 35.9. The van der Waals surface area contributed by atoms with E-state index in [9.17, 15) is 26.8 Å². The molecule has 0 saturated heterocycles. The predicted octanol–water partition coefficient (Wildman–Crippen LogP) is 18.7. The number of halogens is 5. The lowest BCUT2D eigenvalue weighted by molar-refractivity contribution is 0.0600. The molecule has 0 spiro atoms. The van der Waals surface area contributed by atoms with Gasteiger partial charge in [0.05, 0.1) is 37.5 Å². The standard InChI is InChI=1S/C13H10ClNO.C11H11N3O2S.C8H10FN.C8H11NO2.C8H9NO2.2C8H11N.C7H8ClN.C6H6BrN.C6H6FN/c14-10-6-7-12(15)11(8-10)13(16)9-4-2-1-3-5-9;12-9-4-6-10(7-5-9)17(15,16)14-11-3-1-2-8-13-11;1-2-10-8-5-3-7(9)4-6-8;1-10-6-3-4-8(11-2)7(9)5-6;1-11-8(10)6-2-4-7(9)5-3-6;1-6-3-4-8(9)7(2)5-6;1-6-3-4-7(2)8(9)5-6;1-5-4-6(8)2-3-7(5)9;2*7-5-1-3-6(8)4-2-5/h1-8H,15H2;1-8H,12H2,(H,13,14);3-6,10H,2H2,1H3;3-5H,9H2,1-2H3;2-5H,9H2,1H3;2*3-5H,9H2,1-2H3;2-4H,9H2,1H3;2*1-4H,8H2. The van der Waals surface area contributed by atoms with Crippen LogP contribution in [-0.4, -0.2) is 53.0 Å². The van der Waals surface area contributed by atoms with Crippen LogP contribution in [0.4, 0.5) is 71.5 Å². The zero-order valence-corrected chi connectivity index (χ0v) is 65.3. The summed E-state index contributed by atoms with van der Waals surface area (Å²) in [5, 5.41) is 4.31. The van der Waals surface area contributed by atoms with Crippen LogP contribution in [0.2, 0.25) is 10.0 Å². The Morgan fingerprint density at radius 2 is 0.944 bits per heavy atom. The van der Waals surface area contributed by atoms with Gasteiger partial charge in [-0.05, 0) is 258 Å². The summed E-state index contributed by atoms with van der Waals surface area (Å²) in [4.78, 5) is 27.0. The van der Waals surface area contributed by atoms with E-state index in [-0.39, 0.29) is 34.1 Å². The van der Waals surface area contributed by atoms with Crippen LogP contribution >= 0.6 is 39.1 Å². The molecular formula is C83H93BrCl2F2N12O7S. The van der Waals surface area contributed by atoms with E-state index in [0.717, 1.165) is 66.9 Å². The summed E-state index contributed by atoms with van der Waals surface area (Å²) in [5.41, 5.74) is 64.2. The third kappa shape index (κ3) is 35.6. The molecule has 0 fully saturated rings. The molecule has 0 saturated carbocycles. The SMILES string of the molecule is CCNc1ccc(F)cc1.COC(=O)c1ccc(N)cc1.COc1ccc(OC)c(N)c1.Cc1cc(Cl)ccc1N.Cc1ccc(C)c(N)c1.Cc1ccc(N)c(C)c1.Nc1ccc(Br)cc1.Nc1ccc(Cl)cc1C(=O)c1ccccc1.Nc1ccc(F)cc1.Nc1ccc(S(=O)(=O)Nc2ccccn2)cc1. The molecule has 0 aliphatic heterocycles. The van der Waals surface area contributed by atoms with E-state index in [1.165, 1.54) is 85.1 Å². The van der Waals surface area contributed by atoms with Crippen LogP contribution in [-0.2, 0) is 14.8 Å². The van der Waals surface area contributed by atoms with E-state index in [2.05, 4.69) is 54.7 Å². The molecule has 568 valence electrons. The molecule has 0 unspecified atom stereocenters. The Morgan fingerprint density at radius 3 is 1.39 bits per heavy atom. The van der Waals surface area contributed by atoms with Crippen LogP contribution in [0.3, 0.4) is 0 Å². The summed E-state index contributed by atoms with van der Waals surface area (Å²) in [6.45, 7) is 12.9. The van der Waals surface area contributed by atoms with Crippen LogP contribution in [0.15, 0.2) is 276 Å². The highest BCUT2D eigenvalue weighted by atomic mass is 79.9. The molecular weight excluding hydrogens is 1500 g/mol. The molecule has 0 atom stereocenters. The summed E-state index contributed by atoms with van der Waals surface area (Å²) < 4.78 is 66.0. The van der Waals surface area contributed by atoms with Crippen molar-refractivity contribution in [1.82, 2.24) is 4.98 Å². The highest BCUT2D eigenvalue weighted by molar-refractivity contribution is 9.10. The van der Waals surface area contributed by atoms with Gasteiger partial charge in [0, 0.05) is 95.6 Å². The smallest absolute Gasteiger partial charge is 0.337 e. The van der Waals surface area contributed by atoms with Gasteiger partial charge in [-0.2, -0.15) is 0 Å². The van der Waals surface area contributed by atoms with Gasteiger partial charge in [0.1, 0.15) is 29.0 Å². The fourth-order valence-corrected chi connectivity index (χ4v) is 9.91. The molecule has 1 heterocycles. The minimum absolute atomic E-state index is 0.111. The number of nitrogens with one attached hydrogen (secondary N) is 2. The lowest BCUT2D eigenvalue weighted by Gasteiger charge is -2.06. The third-order valence-electron chi connectivity index (χ3n) is 14.2. The van der Waals surface area contributed by atoms with E-state index in [1.807, 2.05) is 107 Å². The van der Waals surface area contributed by atoms with Gasteiger partial charge < -0.3 is 71.1 Å². The Kier molecular flexibility index (Phi) is 40.2. The van der Waals surface area contributed by atoms with Crippen LogP contribution < -0.4 is 71.1 Å². The van der Waals surface area contributed by atoms with Gasteiger partial charge in [0.15, 0.2) is 5.78 Å². The average Bonchev–Trinajstić information content (AvgIpc) is 0.837.